The average Bonchev–Trinajstić information content (AvgIpc) is 2.78. The van der Waals surface area contributed by atoms with Crippen molar-refractivity contribution in [2.75, 3.05) is 0 Å². The second-order valence-electron chi connectivity index (χ2n) is 5.19. The van der Waals surface area contributed by atoms with Crippen LogP contribution in [0.15, 0.2) is 34.9 Å². The highest BCUT2D eigenvalue weighted by Crippen LogP contribution is 2.16. The molecule has 4 nitrogen and oxygen atoms in total. The Kier molecular flexibility index (Phi) is 7.18. The van der Waals surface area contributed by atoms with Crippen LogP contribution in [0.2, 0.25) is 0 Å². The third-order valence-electron chi connectivity index (χ3n) is 3.04. The van der Waals surface area contributed by atoms with E-state index in [1.54, 1.807) is 0 Å². The highest BCUT2D eigenvalue weighted by Gasteiger charge is 2.03. The Morgan fingerprint density at radius 2 is 1.50 bits per heavy atom. The number of aryl methyl sites for hydroxylation is 2. The summed E-state index contributed by atoms with van der Waals surface area (Å²) in [6.45, 7) is 7.14. The number of nitrogens with zero attached hydrogens (tertiary/aromatic N) is 2. The van der Waals surface area contributed by atoms with Gasteiger partial charge in [0.25, 0.3) is 0 Å². The second-order valence-corrected chi connectivity index (χ2v) is 6.11. The van der Waals surface area contributed by atoms with Crippen LogP contribution in [0, 0.1) is 13.8 Å². The molecule has 5 heteroatoms. The van der Waals surface area contributed by atoms with Crippen molar-refractivity contribution in [3.63, 3.8) is 0 Å². The van der Waals surface area contributed by atoms with Crippen molar-refractivity contribution >= 4 is 27.5 Å². The lowest BCUT2D eigenvalue weighted by molar-refractivity contribution is -0.122. The van der Waals surface area contributed by atoms with Crippen molar-refractivity contribution in [2.24, 2.45) is 0 Å². The van der Waals surface area contributed by atoms with Gasteiger partial charge in [-0.05, 0) is 67.9 Å². The number of halogens is 1. The molecule has 2 aromatic heterocycles. The highest BCUT2D eigenvalue weighted by molar-refractivity contribution is 9.10. The molecule has 2 heterocycles. The Morgan fingerprint density at radius 3 is 1.86 bits per heavy atom. The van der Waals surface area contributed by atoms with E-state index in [4.69, 9.17) is 0 Å². The highest BCUT2D eigenvalue weighted by atomic mass is 79.9. The summed E-state index contributed by atoms with van der Waals surface area (Å²) in [5.41, 5.74) is 2.41. The first-order chi connectivity index (χ1) is 10.3. The third-order valence-corrected chi connectivity index (χ3v) is 3.51. The number of rotatable bonds is 4. The van der Waals surface area contributed by atoms with E-state index in [1.807, 2.05) is 18.3 Å². The molecular weight excluding hydrogens is 344 g/mol. The molecule has 0 amide bonds. The molecule has 0 saturated heterocycles. The summed E-state index contributed by atoms with van der Waals surface area (Å²) in [7, 11) is 0. The van der Waals surface area contributed by atoms with Gasteiger partial charge < -0.3 is 14.2 Å². The van der Waals surface area contributed by atoms with Gasteiger partial charge in [0.05, 0.1) is 0 Å². The standard InChI is InChI=1S/C11H11BrN2.C6H10O2/c1-8-3-4-9(2)14(8)11-6-5-10(12)7-13-11;1-5(7)3-4-6(2)8/h3-7H,1-2H3;3-4H2,1-2H3. The Balaban J connectivity index is 0.000000261. The maximum absolute atomic E-state index is 10.2. The predicted octanol–water partition coefficient (Wildman–Crippen LogP) is 4.20. The van der Waals surface area contributed by atoms with Crippen molar-refractivity contribution in [2.45, 2.75) is 40.5 Å². The van der Waals surface area contributed by atoms with Crippen LogP contribution in [0.4, 0.5) is 0 Å². The molecule has 2 rings (SSSR count). The van der Waals surface area contributed by atoms with Crippen LogP contribution >= 0.6 is 15.9 Å². The summed E-state index contributed by atoms with van der Waals surface area (Å²) in [6, 6.07) is 8.20. The van der Waals surface area contributed by atoms with Crippen LogP contribution in [-0.4, -0.2) is 21.1 Å². The van der Waals surface area contributed by atoms with Crippen molar-refractivity contribution in [3.05, 3.63) is 46.3 Å². The minimum Gasteiger partial charge on any atom is -0.303 e. The zero-order chi connectivity index (χ0) is 16.7. The zero-order valence-corrected chi connectivity index (χ0v) is 15.0. The van der Waals surface area contributed by atoms with Gasteiger partial charge in [-0.25, -0.2) is 4.98 Å². The minimum absolute atomic E-state index is 0.0835. The Morgan fingerprint density at radius 1 is 1.00 bits per heavy atom. The van der Waals surface area contributed by atoms with E-state index in [0.717, 1.165) is 10.3 Å². The molecule has 0 aliphatic rings. The summed E-state index contributed by atoms with van der Waals surface area (Å²) >= 11 is 3.37. The van der Waals surface area contributed by atoms with Gasteiger partial charge in [0.2, 0.25) is 0 Å². The second kappa shape index (κ2) is 8.63. The molecule has 0 radical (unpaired) electrons. The monoisotopic (exact) mass is 364 g/mol. The van der Waals surface area contributed by atoms with Crippen molar-refractivity contribution in [1.29, 1.82) is 0 Å². The molecule has 0 aliphatic carbocycles. The lowest BCUT2D eigenvalue weighted by atomic mass is 10.2. The molecular formula is C17H21BrN2O2. The quantitative estimate of drug-likeness (QED) is 0.816. The molecule has 0 unspecified atom stereocenters. The van der Waals surface area contributed by atoms with E-state index in [9.17, 15) is 9.59 Å². The van der Waals surface area contributed by atoms with Crippen LogP contribution in [0.1, 0.15) is 38.1 Å². The minimum atomic E-state index is 0.0835. The summed E-state index contributed by atoms with van der Waals surface area (Å²) in [6.07, 6.45) is 2.61. The van der Waals surface area contributed by atoms with Gasteiger partial charge >= 0.3 is 0 Å². The third kappa shape index (κ3) is 5.93. The fourth-order valence-corrected chi connectivity index (χ4v) is 2.12. The zero-order valence-electron chi connectivity index (χ0n) is 13.4. The Labute approximate surface area is 139 Å². The van der Waals surface area contributed by atoms with Crippen LogP contribution in [0.5, 0.6) is 0 Å². The van der Waals surface area contributed by atoms with Crippen LogP contribution < -0.4 is 0 Å². The van der Waals surface area contributed by atoms with E-state index in [0.29, 0.717) is 12.8 Å². The maximum atomic E-state index is 10.2. The molecule has 2 aromatic rings. The van der Waals surface area contributed by atoms with Gasteiger partial charge in [0, 0.05) is 34.9 Å². The number of carbonyl (C=O) groups excluding carboxylic acids is 2. The molecule has 118 valence electrons. The van der Waals surface area contributed by atoms with Crippen molar-refractivity contribution in [1.82, 2.24) is 9.55 Å². The Bertz CT molecular complexity index is 612. The van der Waals surface area contributed by atoms with Crippen molar-refractivity contribution in [3.8, 4) is 5.82 Å². The largest absolute Gasteiger partial charge is 0.303 e. The summed E-state index contributed by atoms with van der Waals surface area (Å²) in [5.74, 6) is 1.13. The van der Waals surface area contributed by atoms with Gasteiger partial charge in [-0.2, -0.15) is 0 Å². The maximum Gasteiger partial charge on any atom is 0.137 e. The first-order valence-electron chi connectivity index (χ1n) is 7.07. The van der Waals surface area contributed by atoms with E-state index in [1.165, 1.54) is 25.2 Å². The van der Waals surface area contributed by atoms with Crippen molar-refractivity contribution < 1.29 is 9.59 Å². The first kappa shape index (κ1) is 18.3. The summed E-state index contributed by atoms with van der Waals surface area (Å²) in [4.78, 5) is 24.8. The number of hydrogen-bond donors (Lipinski definition) is 0. The Hall–Kier alpha value is -1.75. The fourth-order valence-electron chi connectivity index (χ4n) is 1.88. The molecule has 22 heavy (non-hydrogen) atoms. The van der Waals surface area contributed by atoms with Gasteiger partial charge in [-0.15, -0.1) is 0 Å². The molecule has 0 spiro atoms. The average molecular weight is 365 g/mol. The lowest BCUT2D eigenvalue weighted by Crippen LogP contribution is -2.00. The molecule has 0 aromatic carbocycles. The molecule has 0 saturated carbocycles. The van der Waals surface area contributed by atoms with E-state index < -0.39 is 0 Å². The number of carbonyl (C=O) groups is 2. The molecule has 0 fully saturated rings. The lowest BCUT2D eigenvalue weighted by Gasteiger charge is -2.07. The molecule has 0 aliphatic heterocycles. The van der Waals surface area contributed by atoms with E-state index in [-0.39, 0.29) is 11.6 Å². The van der Waals surface area contributed by atoms with Crippen LogP contribution in [0.25, 0.3) is 5.82 Å². The van der Waals surface area contributed by atoms with Crippen LogP contribution in [-0.2, 0) is 9.59 Å². The summed E-state index contributed by atoms with van der Waals surface area (Å²) in [5, 5.41) is 0. The topological polar surface area (TPSA) is 52.0 Å². The van der Waals surface area contributed by atoms with Crippen LogP contribution in [0.3, 0.4) is 0 Å². The van der Waals surface area contributed by atoms with Gasteiger partial charge in [0.15, 0.2) is 0 Å². The SMILES string of the molecule is CC(=O)CCC(C)=O.Cc1ccc(C)n1-c1ccc(Br)cn1. The predicted molar refractivity (Wildman–Crippen MR) is 91.3 cm³/mol. The normalized spacial score (nSPS) is 9.86. The number of ketones is 2. The van der Waals surface area contributed by atoms with Gasteiger partial charge in [0.1, 0.15) is 17.4 Å². The number of hydrogen-bond acceptors (Lipinski definition) is 3. The molecule has 0 atom stereocenters. The number of Topliss-reactive ketones (excluding diaryl/α,β-unsaturated/α-hetero) is 2. The fraction of sp³-hybridized carbons (Fsp3) is 0.353. The first-order valence-corrected chi connectivity index (χ1v) is 7.86. The van der Waals surface area contributed by atoms with Gasteiger partial charge in [-0.1, -0.05) is 0 Å². The number of pyridine rings is 1. The smallest absolute Gasteiger partial charge is 0.137 e. The molecule has 0 bridgehead atoms. The molecule has 0 N–H and O–H groups in total. The van der Waals surface area contributed by atoms with Gasteiger partial charge in [-0.3, -0.25) is 0 Å². The number of aromatic nitrogens is 2. The summed E-state index contributed by atoms with van der Waals surface area (Å²) < 4.78 is 3.13. The van der Waals surface area contributed by atoms with E-state index in [2.05, 4.69) is 51.5 Å². The van der Waals surface area contributed by atoms with E-state index >= 15 is 0 Å².